The largest absolute Gasteiger partial charge is 0.367 e. The van der Waals surface area contributed by atoms with E-state index in [-0.39, 0.29) is 0 Å². The number of rotatable bonds is 5. The maximum atomic E-state index is 11.6. The minimum absolute atomic E-state index is 0.412. The monoisotopic (exact) mass is 389 g/mol. The van der Waals surface area contributed by atoms with E-state index in [1.54, 1.807) is 17.7 Å². The minimum Gasteiger partial charge on any atom is -0.367 e. The Morgan fingerprint density at radius 1 is 1.37 bits per heavy atom. The number of primary amides is 1. The number of ether oxygens (including phenoxy) is 1. The number of anilines is 1. The van der Waals surface area contributed by atoms with Gasteiger partial charge in [0.1, 0.15) is 23.1 Å². The molecule has 1 aliphatic carbocycles. The summed E-state index contributed by atoms with van der Waals surface area (Å²) >= 11 is 1.62. The van der Waals surface area contributed by atoms with Crippen molar-refractivity contribution < 1.29 is 9.53 Å². The first-order chi connectivity index (χ1) is 13.1. The molecule has 27 heavy (non-hydrogen) atoms. The molecule has 3 N–H and O–H groups in total. The number of carbonyl (C=O) groups is 1. The molecule has 1 saturated carbocycles. The molecule has 1 unspecified atom stereocenters. The highest BCUT2D eigenvalue weighted by molar-refractivity contribution is 7.18. The summed E-state index contributed by atoms with van der Waals surface area (Å²) in [7, 11) is 2.21. The van der Waals surface area contributed by atoms with Crippen molar-refractivity contribution in [2.45, 2.75) is 63.8 Å². The maximum Gasteiger partial charge on any atom is 0.246 e. The lowest BCUT2D eigenvalue weighted by Crippen LogP contribution is -2.38. The number of nitrogens with two attached hydrogens (primary N) is 1. The van der Waals surface area contributed by atoms with Crippen molar-refractivity contribution in [3.63, 3.8) is 0 Å². The van der Waals surface area contributed by atoms with Crippen molar-refractivity contribution in [3.05, 3.63) is 16.8 Å². The second kappa shape index (κ2) is 7.69. The number of fused-ring (bicyclic) bond motifs is 3. The Hall–Kier alpha value is -1.77. The van der Waals surface area contributed by atoms with E-state index >= 15 is 0 Å². The summed E-state index contributed by atoms with van der Waals surface area (Å²) in [4.78, 5) is 25.1. The third kappa shape index (κ3) is 3.66. The third-order valence-corrected chi connectivity index (χ3v) is 7.07. The Bertz CT molecular complexity index is 831. The summed E-state index contributed by atoms with van der Waals surface area (Å²) < 4.78 is 5.59. The fourth-order valence-corrected chi connectivity index (χ4v) is 5.28. The van der Waals surface area contributed by atoms with Crippen LogP contribution in [0.15, 0.2) is 6.33 Å². The summed E-state index contributed by atoms with van der Waals surface area (Å²) in [6.07, 6.45) is 6.24. The van der Waals surface area contributed by atoms with Crippen LogP contribution in [0.2, 0.25) is 0 Å². The number of nitrogens with zero attached hydrogens (tertiary/aromatic N) is 3. The van der Waals surface area contributed by atoms with Crippen LogP contribution in [-0.4, -0.2) is 52.6 Å². The van der Waals surface area contributed by atoms with E-state index in [0.717, 1.165) is 45.9 Å². The first-order valence-electron chi connectivity index (χ1n) is 9.69. The maximum absolute atomic E-state index is 11.6. The van der Waals surface area contributed by atoms with Crippen LogP contribution in [0.1, 0.15) is 43.0 Å². The van der Waals surface area contributed by atoms with Crippen LogP contribution in [0.4, 0.5) is 5.82 Å². The Morgan fingerprint density at radius 2 is 2.15 bits per heavy atom. The fraction of sp³-hybridized carbons (Fsp3) is 0.632. The van der Waals surface area contributed by atoms with Crippen LogP contribution in [0.5, 0.6) is 0 Å². The highest BCUT2D eigenvalue weighted by Gasteiger charge is 2.30. The van der Waals surface area contributed by atoms with Crippen LogP contribution < -0.4 is 11.1 Å². The standard InChI is InChI=1S/C19H27N5O2S/c1-3-24(2)12-6-4-11(5-7-12)23-18-16-13-8-14(17(20)25)26-9-15(13)27-19(16)22-10-21-18/h10-12,14H,3-9H2,1-2H3,(H2,20,25)(H,21,22,23). The molecule has 0 aromatic carbocycles. The van der Waals surface area contributed by atoms with E-state index in [9.17, 15) is 4.79 Å². The molecule has 1 atom stereocenters. The average Bonchev–Trinajstić information content (AvgIpc) is 3.06. The molecule has 0 saturated heterocycles. The van der Waals surface area contributed by atoms with Gasteiger partial charge in [0.2, 0.25) is 5.91 Å². The van der Waals surface area contributed by atoms with Crippen LogP contribution in [0.3, 0.4) is 0 Å². The molecule has 2 aromatic rings. The molecule has 0 spiro atoms. The lowest BCUT2D eigenvalue weighted by Gasteiger charge is -2.34. The number of amides is 1. The SMILES string of the molecule is CCN(C)C1CCC(Nc2ncnc3sc4c(c23)CC(C(N)=O)OC4)CC1. The van der Waals surface area contributed by atoms with Gasteiger partial charge in [0.05, 0.1) is 12.0 Å². The van der Waals surface area contributed by atoms with E-state index in [4.69, 9.17) is 10.5 Å². The van der Waals surface area contributed by atoms with E-state index in [1.165, 1.54) is 12.8 Å². The molecule has 2 aromatic heterocycles. The molecule has 2 aliphatic rings. The third-order valence-electron chi connectivity index (χ3n) is 5.95. The topological polar surface area (TPSA) is 93.4 Å². The van der Waals surface area contributed by atoms with Gasteiger partial charge < -0.3 is 20.7 Å². The van der Waals surface area contributed by atoms with Gasteiger partial charge in [0.25, 0.3) is 0 Å². The molecular weight excluding hydrogens is 362 g/mol. The molecule has 1 fully saturated rings. The molecule has 8 heteroatoms. The van der Waals surface area contributed by atoms with Crippen LogP contribution in [0.25, 0.3) is 10.2 Å². The number of hydrogen-bond donors (Lipinski definition) is 2. The van der Waals surface area contributed by atoms with Crippen LogP contribution in [0, 0.1) is 0 Å². The molecule has 7 nitrogen and oxygen atoms in total. The first-order valence-corrected chi connectivity index (χ1v) is 10.5. The van der Waals surface area contributed by atoms with Crippen molar-refractivity contribution in [3.8, 4) is 0 Å². The zero-order valence-electron chi connectivity index (χ0n) is 15.9. The highest BCUT2D eigenvalue weighted by Crippen LogP contribution is 2.38. The molecule has 0 radical (unpaired) electrons. The summed E-state index contributed by atoms with van der Waals surface area (Å²) in [5.41, 5.74) is 6.58. The quantitative estimate of drug-likeness (QED) is 0.815. The van der Waals surface area contributed by atoms with Gasteiger partial charge in [-0.3, -0.25) is 4.79 Å². The van der Waals surface area contributed by atoms with Gasteiger partial charge in [-0.2, -0.15) is 0 Å². The first kappa shape index (κ1) is 18.6. The second-order valence-corrected chi connectivity index (χ2v) is 8.62. The van der Waals surface area contributed by atoms with E-state index in [0.29, 0.717) is 25.1 Å². The van der Waals surface area contributed by atoms with Gasteiger partial charge in [0, 0.05) is 23.4 Å². The number of hydrogen-bond acceptors (Lipinski definition) is 7. The highest BCUT2D eigenvalue weighted by atomic mass is 32.1. The zero-order chi connectivity index (χ0) is 19.0. The van der Waals surface area contributed by atoms with E-state index in [1.807, 2.05) is 0 Å². The fourth-order valence-electron chi connectivity index (χ4n) is 4.19. The van der Waals surface area contributed by atoms with Gasteiger partial charge in [-0.25, -0.2) is 9.97 Å². The van der Waals surface area contributed by atoms with Crippen molar-refractivity contribution in [1.82, 2.24) is 14.9 Å². The van der Waals surface area contributed by atoms with Crippen molar-refractivity contribution in [2.75, 3.05) is 18.9 Å². The lowest BCUT2D eigenvalue weighted by molar-refractivity contribution is -0.130. The lowest BCUT2D eigenvalue weighted by atomic mass is 9.90. The normalized spacial score (nSPS) is 25.5. The molecule has 1 amide bonds. The minimum atomic E-state index is -0.566. The number of thiophene rings is 1. The molecule has 4 rings (SSSR count). The predicted octanol–water partition coefficient (Wildman–Crippen LogP) is 2.29. The van der Waals surface area contributed by atoms with Gasteiger partial charge in [-0.1, -0.05) is 6.92 Å². The van der Waals surface area contributed by atoms with Crippen LogP contribution >= 0.6 is 11.3 Å². The van der Waals surface area contributed by atoms with Gasteiger partial charge >= 0.3 is 0 Å². The average molecular weight is 390 g/mol. The number of nitrogens with one attached hydrogen (secondary N) is 1. The summed E-state index contributed by atoms with van der Waals surface area (Å²) in [6, 6.07) is 1.10. The van der Waals surface area contributed by atoms with Crippen molar-refractivity contribution in [1.29, 1.82) is 0 Å². The summed E-state index contributed by atoms with van der Waals surface area (Å²) in [5.74, 6) is 0.472. The molecule has 1 aliphatic heterocycles. The van der Waals surface area contributed by atoms with Crippen molar-refractivity contribution in [2.24, 2.45) is 5.73 Å². The molecule has 146 valence electrons. The number of carbonyl (C=O) groups excluding carboxylic acids is 1. The molecular formula is C19H27N5O2S. The van der Waals surface area contributed by atoms with E-state index in [2.05, 4.69) is 34.2 Å². The molecule has 3 heterocycles. The summed E-state index contributed by atoms with van der Waals surface area (Å²) in [5, 5.41) is 4.70. The zero-order valence-corrected chi connectivity index (χ0v) is 16.7. The van der Waals surface area contributed by atoms with E-state index < -0.39 is 12.0 Å². The van der Waals surface area contributed by atoms with Gasteiger partial charge in [0.15, 0.2) is 0 Å². The Labute approximate surface area is 163 Å². The summed E-state index contributed by atoms with van der Waals surface area (Å²) in [6.45, 7) is 3.72. The van der Waals surface area contributed by atoms with Gasteiger partial charge in [-0.05, 0) is 44.8 Å². The number of aromatic nitrogens is 2. The smallest absolute Gasteiger partial charge is 0.246 e. The Morgan fingerprint density at radius 3 is 2.85 bits per heavy atom. The van der Waals surface area contributed by atoms with Crippen molar-refractivity contribution >= 4 is 33.3 Å². The molecule has 0 bridgehead atoms. The Kier molecular flexibility index (Phi) is 5.29. The van der Waals surface area contributed by atoms with Crippen LogP contribution in [-0.2, 0) is 22.6 Å². The Balaban J connectivity index is 1.55. The predicted molar refractivity (Wildman–Crippen MR) is 107 cm³/mol. The second-order valence-electron chi connectivity index (χ2n) is 7.54. The van der Waals surface area contributed by atoms with Gasteiger partial charge in [-0.15, -0.1) is 11.3 Å².